The van der Waals surface area contributed by atoms with E-state index in [9.17, 15) is 4.79 Å². The van der Waals surface area contributed by atoms with Crippen molar-refractivity contribution in [2.75, 3.05) is 0 Å². The van der Waals surface area contributed by atoms with E-state index in [0.717, 1.165) is 19.3 Å². The highest BCUT2D eigenvalue weighted by atomic mass is 16.1. The third-order valence-corrected chi connectivity index (χ3v) is 3.25. The smallest absolute Gasteiger partial charge is 0.274 e. The van der Waals surface area contributed by atoms with Crippen LogP contribution in [0.25, 0.3) is 0 Å². The van der Waals surface area contributed by atoms with Crippen LogP contribution in [0.4, 0.5) is 0 Å². The average Bonchev–Trinajstić information content (AvgIpc) is 2.75. The van der Waals surface area contributed by atoms with Crippen LogP contribution in [-0.4, -0.2) is 14.8 Å². The Kier molecular flexibility index (Phi) is 2.13. The number of rotatable bonds is 1. The Morgan fingerprint density at radius 3 is 3.06 bits per heavy atom. The summed E-state index contributed by atoms with van der Waals surface area (Å²) in [4.78, 5) is 11.6. The third kappa shape index (κ3) is 1.38. The molecule has 16 heavy (non-hydrogen) atoms. The highest BCUT2D eigenvalue weighted by Crippen LogP contribution is 2.31. The number of nitrogens with one attached hydrogen (secondary N) is 1. The molecule has 0 amide bonds. The minimum Gasteiger partial charge on any atom is -0.274 e. The molecule has 82 valence electrons. The van der Waals surface area contributed by atoms with Crippen molar-refractivity contribution in [3.05, 3.63) is 52.2 Å². The lowest BCUT2D eigenvalue weighted by Crippen LogP contribution is -2.25. The molecule has 0 aliphatic heterocycles. The Morgan fingerprint density at radius 1 is 1.38 bits per heavy atom. The first kappa shape index (κ1) is 9.39. The fraction of sp³-hybridized carbons (Fsp3) is 0.333. The molecule has 0 radical (unpaired) electrons. The Morgan fingerprint density at radius 2 is 2.25 bits per heavy atom. The minimum atomic E-state index is -0.123. The number of aryl methyl sites for hydroxylation is 1. The predicted molar refractivity (Wildman–Crippen MR) is 60.4 cm³/mol. The van der Waals surface area contributed by atoms with Gasteiger partial charge >= 0.3 is 5.69 Å². The number of fused-ring (bicyclic) bond motifs is 1. The summed E-state index contributed by atoms with van der Waals surface area (Å²) in [6, 6.07) is 8.49. The van der Waals surface area contributed by atoms with Crippen molar-refractivity contribution in [2.24, 2.45) is 0 Å². The van der Waals surface area contributed by atoms with Crippen LogP contribution in [0, 0.1) is 0 Å². The average molecular weight is 215 g/mol. The molecule has 2 aromatic rings. The molecule has 4 nitrogen and oxygen atoms in total. The van der Waals surface area contributed by atoms with Crippen LogP contribution in [0.3, 0.4) is 0 Å². The minimum absolute atomic E-state index is 0.123. The molecule has 0 spiro atoms. The van der Waals surface area contributed by atoms with E-state index >= 15 is 0 Å². The van der Waals surface area contributed by atoms with Crippen LogP contribution in [0.2, 0.25) is 0 Å². The molecule has 1 N–H and O–H groups in total. The first-order chi connectivity index (χ1) is 7.86. The molecular weight excluding hydrogens is 202 g/mol. The fourth-order valence-electron chi connectivity index (χ4n) is 2.50. The standard InChI is InChI=1S/C12H13N3O/c16-12-14-13-8-15(12)11-7-3-5-9-4-1-2-6-10(9)11/h1-2,4,6,8,11H,3,5,7H2,(H,14,16). The van der Waals surface area contributed by atoms with Crippen molar-refractivity contribution >= 4 is 0 Å². The van der Waals surface area contributed by atoms with Gasteiger partial charge in [-0.2, -0.15) is 5.10 Å². The summed E-state index contributed by atoms with van der Waals surface area (Å²) in [6.07, 6.45) is 4.84. The van der Waals surface area contributed by atoms with Gasteiger partial charge in [-0.1, -0.05) is 24.3 Å². The first-order valence-corrected chi connectivity index (χ1v) is 5.55. The topological polar surface area (TPSA) is 50.7 Å². The van der Waals surface area contributed by atoms with Crippen LogP contribution < -0.4 is 5.69 Å². The highest BCUT2D eigenvalue weighted by Gasteiger charge is 2.22. The summed E-state index contributed by atoms with van der Waals surface area (Å²) in [5, 5.41) is 6.25. The number of H-pyrrole nitrogens is 1. The molecular formula is C12H13N3O. The fourth-order valence-corrected chi connectivity index (χ4v) is 2.50. The normalized spacial score (nSPS) is 19.4. The number of hydrogen-bond acceptors (Lipinski definition) is 2. The highest BCUT2D eigenvalue weighted by molar-refractivity contribution is 5.32. The van der Waals surface area contributed by atoms with Gasteiger partial charge in [0.15, 0.2) is 0 Å². The zero-order valence-corrected chi connectivity index (χ0v) is 8.89. The summed E-state index contributed by atoms with van der Waals surface area (Å²) in [5.41, 5.74) is 2.49. The van der Waals surface area contributed by atoms with Crippen LogP contribution in [0.15, 0.2) is 35.4 Å². The van der Waals surface area contributed by atoms with E-state index in [1.807, 2.05) is 6.07 Å². The van der Waals surface area contributed by atoms with E-state index in [2.05, 4.69) is 28.4 Å². The second-order valence-corrected chi connectivity index (χ2v) is 4.18. The zero-order valence-electron chi connectivity index (χ0n) is 8.89. The monoisotopic (exact) mass is 215 g/mol. The molecule has 1 heterocycles. The van der Waals surface area contributed by atoms with Crippen molar-refractivity contribution < 1.29 is 0 Å². The van der Waals surface area contributed by atoms with Gasteiger partial charge in [-0.05, 0) is 30.4 Å². The second kappa shape index (κ2) is 3.63. The number of aromatic amines is 1. The maximum absolute atomic E-state index is 11.6. The maximum atomic E-state index is 11.6. The van der Waals surface area contributed by atoms with E-state index in [1.165, 1.54) is 11.1 Å². The predicted octanol–water partition coefficient (Wildman–Crippen LogP) is 1.50. The van der Waals surface area contributed by atoms with Gasteiger partial charge in [-0.3, -0.25) is 4.57 Å². The van der Waals surface area contributed by atoms with Gasteiger partial charge < -0.3 is 0 Å². The summed E-state index contributed by atoms with van der Waals surface area (Å²) >= 11 is 0. The lowest BCUT2D eigenvalue weighted by molar-refractivity contribution is 0.478. The van der Waals surface area contributed by atoms with Crippen LogP contribution in [0.5, 0.6) is 0 Å². The first-order valence-electron chi connectivity index (χ1n) is 5.55. The second-order valence-electron chi connectivity index (χ2n) is 4.18. The van der Waals surface area contributed by atoms with E-state index in [0.29, 0.717) is 0 Å². The molecule has 1 atom stereocenters. The van der Waals surface area contributed by atoms with Crippen LogP contribution >= 0.6 is 0 Å². The zero-order chi connectivity index (χ0) is 11.0. The van der Waals surface area contributed by atoms with Gasteiger partial charge in [-0.15, -0.1) is 0 Å². The van der Waals surface area contributed by atoms with Crippen LogP contribution in [-0.2, 0) is 6.42 Å². The quantitative estimate of drug-likeness (QED) is 0.783. The number of benzene rings is 1. The molecule has 3 rings (SSSR count). The van der Waals surface area contributed by atoms with Crippen molar-refractivity contribution in [1.82, 2.24) is 14.8 Å². The van der Waals surface area contributed by atoms with Gasteiger partial charge in [0.1, 0.15) is 6.33 Å². The maximum Gasteiger partial charge on any atom is 0.343 e. The Bertz CT molecular complexity index is 555. The number of nitrogens with zero attached hydrogens (tertiary/aromatic N) is 2. The van der Waals surface area contributed by atoms with E-state index < -0.39 is 0 Å². The van der Waals surface area contributed by atoms with Crippen LogP contribution in [0.1, 0.15) is 30.0 Å². The van der Waals surface area contributed by atoms with E-state index in [1.54, 1.807) is 10.9 Å². The van der Waals surface area contributed by atoms with Crippen molar-refractivity contribution in [2.45, 2.75) is 25.3 Å². The molecule has 1 aromatic heterocycles. The Balaban J connectivity index is 2.12. The molecule has 4 heteroatoms. The molecule has 1 aliphatic rings. The Hall–Kier alpha value is -1.84. The van der Waals surface area contributed by atoms with Crippen molar-refractivity contribution in [3.63, 3.8) is 0 Å². The summed E-state index contributed by atoms with van der Waals surface area (Å²) < 4.78 is 1.69. The van der Waals surface area contributed by atoms with Crippen molar-refractivity contribution in [1.29, 1.82) is 0 Å². The molecule has 0 saturated carbocycles. The summed E-state index contributed by atoms with van der Waals surface area (Å²) in [6.45, 7) is 0. The van der Waals surface area contributed by atoms with Gasteiger partial charge in [0, 0.05) is 0 Å². The van der Waals surface area contributed by atoms with E-state index in [-0.39, 0.29) is 11.7 Å². The molecule has 0 bridgehead atoms. The summed E-state index contributed by atoms with van der Waals surface area (Å²) in [5.74, 6) is 0. The molecule has 0 fully saturated rings. The molecule has 1 aromatic carbocycles. The SMILES string of the molecule is O=c1[nH]ncn1C1CCCc2ccccc21. The largest absolute Gasteiger partial charge is 0.343 e. The van der Waals surface area contributed by atoms with Gasteiger partial charge in [0.2, 0.25) is 0 Å². The third-order valence-electron chi connectivity index (χ3n) is 3.25. The molecule has 0 saturated heterocycles. The molecule has 1 unspecified atom stereocenters. The lowest BCUT2D eigenvalue weighted by atomic mass is 9.88. The van der Waals surface area contributed by atoms with E-state index in [4.69, 9.17) is 0 Å². The lowest BCUT2D eigenvalue weighted by Gasteiger charge is -2.25. The van der Waals surface area contributed by atoms with Gasteiger partial charge in [0.05, 0.1) is 6.04 Å². The van der Waals surface area contributed by atoms with Gasteiger partial charge in [0.25, 0.3) is 0 Å². The van der Waals surface area contributed by atoms with Crippen molar-refractivity contribution in [3.8, 4) is 0 Å². The Labute approximate surface area is 92.9 Å². The number of hydrogen-bond donors (Lipinski definition) is 1. The summed E-state index contributed by atoms with van der Waals surface area (Å²) in [7, 11) is 0. The van der Waals surface area contributed by atoms with Gasteiger partial charge in [-0.25, -0.2) is 9.89 Å². The number of aromatic nitrogens is 3. The molecule has 1 aliphatic carbocycles.